The number of morpholine rings is 1. The number of likely N-dealkylation sites (tertiary alicyclic amines) is 1. The van der Waals surface area contributed by atoms with Gasteiger partial charge in [-0.1, -0.05) is 0 Å². The molecule has 6 heteroatoms. The van der Waals surface area contributed by atoms with Crippen LogP contribution < -0.4 is 0 Å². The summed E-state index contributed by atoms with van der Waals surface area (Å²) in [5.41, 5.74) is 1.24. The number of fused-ring (bicyclic) bond motifs is 1. The first-order valence-electron chi connectivity index (χ1n) is 8.81. The third-order valence-corrected chi connectivity index (χ3v) is 5.07. The molecule has 25 heavy (non-hydrogen) atoms. The molecule has 2 aliphatic rings. The normalized spacial score (nSPS) is 24.1. The number of rotatable bonds is 3. The Bertz CT molecular complexity index is 731. The van der Waals surface area contributed by atoms with Crippen LogP contribution in [0.2, 0.25) is 0 Å². The van der Waals surface area contributed by atoms with Crippen molar-refractivity contribution in [2.45, 2.75) is 32.0 Å². The third kappa shape index (κ3) is 3.45. The molecule has 0 radical (unpaired) electrons. The standard InChI is InChI=1S/C19H23N3O3/c1-14-2-3-18(25-14)19(23)22-9-6-17-16(13-22)21(10-11-24-17)12-15-4-7-20-8-5-15/h2-5,7-8,16-17H,6,9-13H2,1H3/t16-,17-/m0/s1. The Balaban J connectivity index is 1.48. The second kappa shape index (κ2) is 6.98. The molecule has 0 bridgehead atoms. The smallest absolute Gasteiger partial charge is 0.289 e. The lowest BCUT2D eigenvalue weighted by Crippen LogP contribution is -2.60. The molecule has 2 fully saturated rings. The number of hydrogen-bond acceptors (Lipinski definition) is 5. The number of nitrogens with zero attached hydrogens (tertiary/aromatic N) is 3. The van der Waals surface area contributed by atoms with Crippen LogP contribution in [0.5, 0.6) is 0 Å². The van der Waals surface area contributed by atoms with E-state index in [0.29, 0.717) is 18.8 Å². The molecule has 132 valence electrons. The molecule has 0 N–H and O–H groups in total. The quantitative estimate of drug-likeness (QED) is 0.856. The van der Waals surface area contributed by atoms with Gasteiger partial charge >= 0.3 is 0 Å². The van der Waals surface area contributed by atoms with E-state index in [0.717, 1.165) is 31.9 Å². The summed E-state index contributed by atoms with van der Waals surface area (Å²) < 4.78 is 11.5. The maximum atomic E-state index is 12.7. The minimum absolute atomic E-state index is 0.0269. The molecular formula is C19H23N3O3. The SMILES string of the molecule is Cc1ccc(C(=O)N2CC[C@@H]3OCCN(Cc4ccncc4)[C@H]3C2)o1. The molecule has 0 aromatic carbocycles. The number of pyridine rings is 1. The Morgan fingerprint density at radius 3 is 2.84 bits per heavy atom. The molecule has 4 heterocycles. The van der Waals surface area contributed by atoms with Crippen molar-refractivity contribution in [3.63, 3.8) is 0 Å². The second-order valence-corrected chi connectivity index (χ2v) is 6.75. The molecule has 2 aromatic rings. The summed E-state index contributed by atoms with van der Waals surface area (Å²) in [6, 6.07) is 7.90. The zero-order valence-corrected chi connectivity index (χ0v) is 14.4. The van der Waals surface area contributed by atoms with E-state index >= 15 is 0 Å². The number of carbonyl (C=O) groups is 1. The van der Waals surface area contributed by atoms with Crippen LogP contribution in [0.15, 0.2) is 41.1 Å². The Kier molecular flexibility index (Phi) is 4.55. The van der Waals surface area contributed by atoms with E-state index in [1.165, 1.54) is 5.56 Å². The minimum Gasteiger partial charge on any atom is -0.456 e. The summed E-state index contributed by atoms with van der Waals surface area (Å²) in [4.78, 5) is 21.1. The van der Waals surface area contributed by atoms with Gasteiger partial charge in [0.25, 0.3) is 5.91 Å². The zero-order valence-electron chi connectivity index (χ0n) is 14.4. The lowest BCUT2D eigenvalue weighted by Gasteiger charge is -2.47. The highest BCUT2D eigenvalue weighted by molar-refractivity contribution is 5.91. The first-order valence-corrected chi connectivity index (χ1v) is 8.81. The average molecular weight is 341 g/mol. The number of hydrogen-bond donors (Lipinski definition) is 0. The van der Waals surface area contributed by atoms with Crippen molar-refractivity contribution in [1.29, 1.82) is 0 Å². The maximum absolute atomic E-state index is 12.7. The third-order valence-electron chi connectivity index (χ3n) is 5.07. The zero-order chi connectivity index (χ0) is 17.2. The van der Waals surface area contributed by atoms with E-state index in [1.54, 1.807) is 6.07 Å². The van der Waals surface area contributed by atoms with Crippen molar-refractivity contribution in [3.05, 3.63) is 53.7 Å². The van der Waals surface area contributed by atoms with E-state index < -0.39 is 0 Å². The van der Waals surface area contributed by atoms with Gasteiger partial charge < -0.3 is 14.1 Å². The molecule has 0 unspecified atom stereocenters. The van der Waals surface area contributed by atoms with Crippen molar-refractivity contribution in [3.8, 4) is 0 Å². The molecule has 2 atom stereocenters. The summed E-state index contributed by atoms with van der Waals surface area (Å²) in [7, 11) is 0. The summed E-state index contributed by atoms with van der Waals surface area (Å²) in [5, 5.41) is 0. The molecule has 0 saturated carbocycles. The van der Waals surface area contributed by atoms with Crippen LogP contribution in [-0.2, 0) is 11.3 Å². The molecule has 2 aromatic heterocycles. The molecule has 6 nitrogen and oxygen atoms in total. The fourth-order valence-electron chi connectivity index (χ4n) is 3.75. The topological polar surface area (TPSA) is 58.8 Å². The van der Waals surface area contributed by atoms with Crippen molar-refractivity contribution in [1.82, 2.24) is 14.8 Å². The Morgan fingerprint density at radius 2 is 2.08 bits per heavy atom. The molecule has 2 aliphatic heterocycles. The number of ether oxygens (including phenoxy) is 1. The fourth-order valence-corrected chi connectivity index (χ4v) is 3.75. The number of amides is 1. The average Bonchev–Trinajstić information content (AvgIpc) is 3.08. The van der Waals surface area contributed by atoms with Crippen molar-refractivity contribution >= 4 is 5.91 Å². The molecule has 2 saturated heterocycles. The highest BCUT2D eigenvalue weighted by Crippen LogP contribution is 2.26. The Morgan fingerprint density at radius 1 is 1.24 bits per heavy atom. The highest BCUT2D eigenvalue weighted by Gasteiger charge is 2.39. The molecule has 0 spiro atoms. The van der Waals surface area contributed by atoms with Crippen molar-refractivity contribution in [2.75, 3.05) is 26.2 Å². The second-order valence-electron chi connectivity index (χ2n) is 6.75. The first-order chi connectivity index (χ1) is 12.2. The number of furan rings is 1. The van der Waals surface area contributed by atoms with Crippen LogP contribution in [-0.4, -0.2) is 59.1 Å². The fraction of sp³-hybridized carbons (Fsp3) is 0.474. The number of aromatic nitrogens is 1. The summed E-state index contributed by atoms with van der Waals surface area (Å²) in [6.45, 7) is 5.73. The van der Waals surface area contributed by atoms with Crippen LogP contribution >= 0.6 is 0 Å². The molecule has 4 rings (SSSR count). The largest absolute Gasteiger partial charge is 0.456 e. The van der Waals surface area contributed by atoms with Crippen molar-refractivity contribution in [2.24, 2.45) is 0 Å². The van der Waals surface area contributed by atoms with Gasteiger partial charge in [0.15, 0.2) is 5.76 Å². The van der Waals surface area contributed by atoms with Crippen LogP contribution in [0.1, 0.15) is 28.3 Å². The monoisotopic (exact) mass is 341 g/mol. The lowest BCUT2D eigenvalue weighted by atomic mass is 9.98. The van der Waals surface area contributed by atoms with Gasteiger partial charge in [-0.05, 0) is 43.2 Å². The highest BCUT2D eigenvalue weighted by atomic mass is 16.5. The number of aryl methyl sites for hydroxylation is 1. The van der Waals surface area contributed by atoms with E-state index in [-0.39, 0.29) is 18.1 Å². The van der Waals surface area contributed by atoms with Gasteiger partial charge in [0.1, 0.15) is 5.76 Å². The van der Waals surface area contributed by atoms with E-state index in [9.17, 15) is 4.79 Å². The van der Waals surface area contributed by atoms with Gasteiger partial charge in [-0.2, -0.15) is 0 Å². The van der Waals surface area contributed by atoms with E-state index in [4.69, 9.17) is 9.15 Å². The van der Waals surface area contributed by atoms with Gasteiger partial charge in [-0.15, -0.1) is 0 Å². The van der Waals surface area contributed by atoms with Gasteiger partial charge in [-0.25, -0.2) is 0 Å². The van der Waals surface area contributed by atoms with E-state index in [1.807, 2.05) is 42.4 Å². The van der Waals surface area contributed by atoms with E-state index in [2.05, 4.69) is 9.88 Å². The Hall–Kier alpha value is -2.18. The van der Waals surface area contributed by atoms with Crippen LogP contribution in [0.4, 0.5) is 0 Å². The van der Waals surface area contributed by atoms with Crippen molar-refractivity contribution < 1.29 is 13.9 Å². The summed E-state index contributed by atoms with van der Waals surface area (Å²) in [6.07, 6.45) is 4.70. The van der Waals surface area contributed by atoms with Gasteiger partial charge in [0.05, 0.1) is 18.8 Å². The van der Waals surface area contributed by atoms with Gasteiger partial charge in [-0.3, -0.25) is 14.7 Å². The first kappa shape index (κ1) is 16.3. The molecular weight excluding hydrogens is 318 g/mol. The summed E-state index contributed by atoms with van der Waals surface area (Å²) in [5.74, 6) is 1.16. The van der Waals surface area contributed by atoms with Crippen LogP contribution in [0.3, 0.4) is 0 Å². The molecule has 1 amide bonds. The maximum Gasteiger partial charge on any atom is 0.289 e. The van der Waals surface area contributed by atoms with Crippen LogP contribution in [0, 0.1) is 6.92 Å². The van der Waals surface area contributed by atoms with Crippen LogP contribution in [0.25, 0.3) is 0 Å². The summed E-state index contributed by atoms with van der Waals surface area (Å²) >= 11 is 0. The number of piperidine rings is 1. The van der Waals surface area contributed by atoms with Gasteiger partial charge in [0, 0.05) is 38.6 Å². The van der Waals surface area contributed by atoms with Gasteiger partial charge in [0.2, 0.25) is 0 Å². The predicted molar refractivity (Wildman–Crippen MR) is 92.1 cm³/mol. The predicted octanol–water partition coefficient (Wildman–Crippen LogP) is 2.10. The minimum atomic E-state index is -0.0269. The molecule has 0 aliphatic carbocycles. The Labute approximate surface area is 147 Å². The number of carbonyl (C=O) groups excluding carboxylic acids is 1. The lowest BCUT2D eigenvalue weighted by molar-refractivity contribution is -0.101.